The standard InChI is InChI=1S/C11H10N2/c1-2-6-10(12-8-4-1)11-7-3-5-9-13-11/h1-9,12H. The van der Waals surface area contributed by atoms with E-state index >= 15 is 0 Å². The monoisotopic (exact) mass is 170 g/mol. The second-order valence-electron chi connectivity index (χ2n) is 2.68. The normalized spacial score (nSPS) is 14.6. The predicted octanol–water partition coefficient (Wildman–Crippen LogP) is 2.10. The van der Waals surface area contributed by atoms with Crippen LogP contribution in [0.3, 0.4) is 0 Å². The Hall–Kier alpha value is -1.83. The van der Waals surface area contributed by atoms with Crippen molar-refractivity contribution >= 4 is 5.70 Å². The van der Waals surface area contributed by atoms with Crippen LogP contribution in [0.15, 0.2) is 54.9 Å². The van der Waals surface area contributed by atoms with Gasteiger partial charge in [-0.2, -0.15) is 0 Å². The Morgan fingerprint density at radius 2 is 2.08 bits per heavy atom. The lowest BCUT2D eigenvalue weighted by Gasteiger charge is -2.03. The summed E-state index contributed by atoms with van der Waals surface area (Å²) in [6, 6.07) is 5.86. The molecule has 0 atom stereocenters. The molecule has 0 fully saturated rings. The highest BCUT2D eigenvalue weighted by Gasteiger charge is 1.98. The highest BCUT2D eigenvalue weighted by Crippen LogP contribution is 2.08. The van der Waals surface area contributed by atoms with E-state index in [1.54, 1.807) is 6.20 Å². The van der Waals surface area contributed by atoms with Crippen molar-refractivity contribution in [2.75, 3.05) is 0 Å². The summed E-state index contributed by atoms with van der Waals surface area (Å²) >= 11 is 0. The van der Waals surface area contributed by atoms with Crippen LogP contribution in [0.2, 0.25) is 0 Å². The summed E-state index contributed by atoms with van der Waals surface area (Å²) in [6.45, 7) is 0. The number of pyridine rings is 1. The van der Waals surface area contributed by atoms with E-state index in [9.17, 15) is 0 Å². The molecule has 2 nitrogen and oxygen atoms in total. The average Bonchev–Trinajstić information content (AvgIpc) is 2.47. The maximum absolute atomic E-state index is 4.25. The van der Waals surface area contributed by atoms with Crippen molar-refractivity contribution in [1.82, 2.24) is 10.3 Å². The third kappa shape index (κ3) is 1.85. The summed E-state index contributed by atoms with van der Waals surface area (Å²) in [4.78, 5) is 4.25. The fourth-order valence-corrected chi connectivity index (χ4v) is 1.14. The molecule has 0 aliphatic carbocycles. The van der Waals surface area contributed by atoms with Crippen LogP contribution in [0.1, 0.15) is 5.69 Å². The highest BCUT2D eigenvalue weighted by atomic mass is 14.9. The van der Waals surface area contributed by atoms with E-state index in [0.717, 1.165) is 11.4 Å². The summed E-state index contributed by atoms with van der Waals surface area (Å²) in [5.41, 5.74) is 1.98. The van der Waals surface area contributed by atoms with Gasteiger partial charge in [-0.05, 0) is 24.3 Å². The van der Waals surface area contributed by atoms with Crippen molar-refractivity contribution in [3.8, 4) is 0 Å². The second kappa shape index (κ2) is 3.72. The van der Waals surface area contributed by atoms with Crippen molar-refractivity contribution < 1.29 is 0 Å². The van der Waals surface area contributed by atoms with Crippen molar-refractivity contribution in [3.63, 3.8) is 0 Å². The Morgan fingerprint density at radius 3 is 2.92 bits per heavy atom. The first-order valence-corrected chi connectivity index (χ1v) is 4.18. The number of aromatic nitrogens is 1. The van der Waals surface area contributed by atoms with Gasteiger partial charge in [0.05, 0.1) is 11.4 Å². The molecule has 0 bridgehead atoms. The average molecular weight is 170 g/mol. The zero-order chi connectivity index (χ0) is 8.93. The van der Waals surface area contributed by atoms with Gasteiger partial charge in [0.2, 0.25) is 0 Å². The van der Waals surface area contributed by atoms with Gasteiger partial charge >= 0.3 is 0 Å². The fraction of sp³-hybridized carbons (Fsp3) is 0. The SMILES string of the molecule is C1=CC=C(c2ccccn2)NC=C1. The number of allylic oxidation sites excluding steroid dienone is 4. The Morgan fingerprint density at radius 1 is 1.08 bits per heavy atom. The van der Waals surface area contributed by atoms with Crippen LogP contribution in [-0.2, 0) is 0 Å². The smallest absolute Gasteiger partial charge is 0.0864 e. The van der Waals surface area contributed by atoms with Gasteiger partial charge < -0.3 is 5.32 Å². The minimum atomic E-state index is 0.957. The van der Waals surface area contributed by atoms with Crippen LogP contribution in [0, 0.1) is 0 Å². The molecular formula is C11H10N2. The summed E-state index contributed by atoms with van der Waals surface area (Å²) in [7, 11) is 0. The van der Waals surface area contributed by atoms with Gasteiger partial charge in [0, 0.05) is 12.4 Å². The number of hydrogen-bond acceptors (Lipinski definition) is 2. The lowest BCUT2D eigenvalue weighted by atomic mass is 10.2. The van der Waals surface area contributed by atoms with E-state index in [2.05, 4.69) is 10.3 Å². The van der Waals surface area contributed by atoms with E-state index in [4.69, 9.17) is 0 Å². The first kappa shape index (κ1) is 7.80. The first-order valence-electron chi connectivity index (χ1n) is 4.18. The maximum Gasteiger partial charge on any atom is 0.0864 e. The first-order chi connectivity index (χ1) is 6.47. The zero-order valence-electron chi connectivity index (χ0n) is 7.14. The zero-order valence-corrected chi connectivity index (χ0v) is 7.14. The molecule has 1 aliphatic rings. The highest BCUT2D eigenvalue weighted by molar-refractivity contribution is 5.63. The Balaban J connectivity index is 2.32. The van der Waals surface area contributed by atoms with Crippen LogP contribution in [0.4, 0.5) is 0 Å². The van der Waals surface area contributed by atoms with Gasteiger partial charge in [-0.25, -0.2) is 0 Å². The van der Waals surface area contributed by atoms with E-state index in [1.165, 1.54) is 0 Å². The van der Waals surface area contributed by atoms with E-state index in [-0.39, 0.29) is 0 Å². The van der Waals surface area contributed by atoms with Crippen molar-refractivity contribution in [1.29, 1.82) is 0 Å². The van der Waals surface area contributed by atoms with Crippen molar-refractivity contribution in [2.24, 2.45) is 0 Å². The molecule has 2 heterocycles. The molecule has 0 unspecified atom stereocenters. The van der Waals surface area contributed by atoms with Crippen LogP contribution < -0.4 is 5.32 Å². The molecule has 1 aromatic rings. The van der Waals surface area contributed by atoms with Gasteiger partial charge in [0.1, 0.15) is 0 Å². The van der Waals surface area contributed by atoms with E-state index in [0.29, 0.717) is 0 Å². The van der Waals surface area contributed by atoms with Crippen LogP contribution in [0.5, 0.6) is 0 Å². The number of nitrogens with zero attached hydrogens (tertiary/aromatic N) is 1. The summed E-state index contributed by atoms with van der Waals surface area (Å²) in [6.07, 6.45) is 11.6. The topological polar surface area (TPSA) is 24.9 Å². The maximum atomic E-state index is 4.25. The molecule has 2 heteroatoms. The fourth-order valence-electron chi connectivity index (χ4n) is 1.14. The molecule has 0 aromatic carbocycles. The van der Waals surface area contributed by atoms with Gasteiger partial charge in [0.25, 0.3) is 0 Å². The second-order valence-corrected chi connectivity index (χ2v) is 2.68. The Kier molecular flexibility index (Phi) is 2.23. The number of nitrogens with one attached hydrogen (secondary N) is 1. The third-order valence-corrected chi connectivity index (χ3v) is 1.76. The minimum Gasteiger partial charge on any atom is -0.360 e. The third-order valence-electron chi connectivity index (χ3n) is 1.76. The van der Waals surface area contributed by atoms with Crippen LogP contribution in [-0.4, -0.2) is 4.98 Å². The molecule has 0 spiro atoms. The molecule has 0 amide bonds. The predicted molar refractivity (Wildman–Crippen MR) is 53.6 cm³/mol. The largest absolute Gasteiger partial charge is 0.360 e. The van der Waals surface area contributed by atoms with Gasteiger partial charge in [-0.1, -0.05) is 18.2 Å². The molecule has 2 rings (SSSR count). The van der Waals surface area contributed by atoms with Crippen LogP contribution >= 0.6 is 0 Å². The van der Waals surface area contributed by atoms with Gasteiger partial charge in [-0.15, -0.1) is 0 Å². The van der Waals surface area contributed by atoms with Crippen molar-refractivity contribution in [3.05, 3.63) is 60.6 Å². The molecule has 0 saturated carbocycles. The van der Waals surface area contributed by atoms with Gasteiger partial charge in [0.15, 0.2) is 0 Å². The molecule has 1 aliphatic heterocycles. The Bertz CT molecular complexity index is 361. The van der Waals surface area contributed by atoms with E-state index < -0.39 is 0 Å². The van der Waals surface area contributed by atoms with Gasteiger partial charge in [-0.3, -0.25) is 4.98 Å². The molecule has 1 N–H and O–H groups in total. The minimum absolute atomic E-state index is 0.957. The molecule has 0 radical (unpaired) electrons. The van der Waals surface area contributed by atoms with E-state index in [1.807, 2.05) is 48.7 Å². The Labute approximate surface area is 77.3 Å². The lowest BCUT2D eigenvalue weighted by Crippen LogP contribution is -2.03. The molecule has 13 heavy (non-hydrogen) atoms. The molecular weight excluding hydrogens is 160 g/mol. The number of hydrogen-bond donors (Lipinski definition) is 1. The lowest BCUT2D eigenvalue weighted by molar-refractivity contribution is 1.16. The van der Waals surface area contributed by atoms with Crippen molar-refractivity contribution in [2.45, 2.75) is 0 Å². The number of rotatable bonds is 1. The molecule has 64 valence electrons. The summed E-state index contributed by atoms with van der Waals surface area (Å²) < 4.78 is 0. The quantitative estimate of drug-likeness (QED) is 0.698. The van der Waals surface area contributed by atoms with Crippen LogP contribution in [0.25, 0.3) is 5.70 Å². The summed E-state index contributed by atoms with van der Waals surface area (Å²) in [5, 5.41) is 3.15. The molecule has 1 aromatic heterocycles. The summed E-state index contributed by atoms with van der Waals surface area (Å²) in [5.74, 6) is 0. The molecule has 0 saturated heterocycles.